The van der Waals surface area contributed by atoms with E-state index in [9.17, 15) is 9.59 Å². The molecule has 132 valence electrons. The van der Waals surface area contributed by atoms with Crippen LogP contribution in [-0.2, 0) is 10.5 Å². The predicted molar refractivity (Wildman–Crippen MR) is 106 cm³/mol. The van der Waals surface area contributed by atoms with Gasteiger partial charge in [0, 0.05) is 33.6 Å². The van der Waals surface area contributed by atoms with Gasteiger partial charge in [0.15, 0.2) is 0 Å². The largest absolute Gasteiger partial charge is 0.352 e. The Morgan fingerprint density at radius 3 is 2.64 bits per heavy atom. The lowest BCUT2D eigenvalue weighted by Crippen LogP contribution is -2.23. The lowest BCUT2D eigenvalue weighted by atomic mass is 10.2. The zero-order chi connectivity index (χ0) is 18.2. The molecule has 0 saturated carbocycles. The molecule has 0 aliphatic heterocycles. The summed E-state index contributed by atoms with van der Waals surface area (Å²) in [4.78, 5) is 23.9. The van der Waals surface area contributed by atoms with Crippen LogP contribution in [0.25, 0.3) is 0 Å². The summed E-state index contributed by atoms with van der Waals surface area (Å²) in [5.41, 5.74) is 2.04. The average Bonchev–Trinajstić information content (AvgIpc) is 2.57. The summed E-state index contributed by atoms with van der Waals surface area (Å²) < 4.78 is 0. The van der Waals surface area contributed by atoms with Crippen molar-refractivity contribution in [2.75, 3.05) is 17.6 Å². The normalized spacial score (nSPS) is 10.4. The SMILES string of the molecule is CCNC(=O)c1cccc(NC(=O)CSCc2ccc(Cl)cc2Cl)c1. The number of thioether (sulfide) groups is 1. The number of nitrogens with one attached hydrogen (secondary N) is 2. The maximum atomic E-state index is 12.1. The number of carbonyl (C=O) groups excluding carboxylic acids is 2. The smallest absolute Gasteiger partial charge is 0.251 e. The topological polar surface area (TPSA) is 58.2 Å². The molecule has 0 aliphatic carbocycles. The van der Waals surface area contributed by atoms with Gasteiger partial charge < -0.3 is 10.6 Å². The first-order chi connectivity index (χ1) is 12.0. The highest BCUT2D eigenvalue weighted by molar-refractivity contribution is 7.99. The molecule has 0 heterocycles. The molecule has 0 atom stereocenters. The zero-order valence-electron chi connectivity index (χ0n) is 13.6. The Hall–Kier alpha value is -1.69. The maximum Gasteiger partial charge on any atom is 0.251 e. The Morgan fingerprint density at radius 1 is 1.12 bits per heavy atom. The van der Waals surface area contributed by atoms with Gasteiger partial charge in [0.25, 0.3) is 5.91 Å². The number of amides is 2. The lowest BCUT2D eigenvalue weighted by molar-refractivity contribution is -0.113. The van der Waals surface area contributed by atoms with E-state index in [0.29, 0.717) is 33.6 Å². The monoisotopic (exact) mass is 396 g/mol. The number of rotatable bonds is 7. The summed E-state index contributed by atoms with van der Waals surface area (Å²) in [7, 11) is 0. The predicted octanol–water partition coefficient (Wildman–Crippen LogP) is 4.62. The summed E-state index contributed by atoms with van der Waals surface area (Å²) in [6.45, 7) is 2.41. The minimum atomic E-state index is -0.162. The molecule has 4 nitrogen and oxygen atoms in total. The molecule has 2 N–H and O–H groups in total. The van der Waals surface area contributed by atoms with E-state index >= 15 is 0 Å². The fourth-order valence-corrected chi connectivity index (χ4v) is 3.48. The van der Waals surface area contributed by atoms with Crippen molar-refractivity contribution in [2.45, 2.75) is 12.7 Å². The summed E-state index contributed by atoms with van der Waals surface area (Å²) in [6.07, 6.45) is 0. The van der Waals surface area contributed by atoms with Crippen LogP contribution in [0.2, 0.25) is 10.0 Å². The summed E-state index contributed by atoms with van der Waals surface area (Å²) in [5.74, 6) is 0.598. The van der Waals surface area contributed by atoms with Gasteiger partial charge in [-0.25, -0.2) is 0 Å². The Morgan fingerprint density at radius 2 is 1.92 bits per heavy atom. The molecule has 2 aromatic rings. The molecular weight excluding hydrogens is 379 g/mol. The number of hydrogen-bond donors (Lipinski definition) is 2. The van der Waals surface area contributed by atoms with Crippen molar-refractivity contribution in [1.29, 1.82) is 0 Å². The lowest BCUT2D eigenvalue weighted by Gasteiger charge is -2.08. The fourth-order valence-electron chi connectivity index (χ4n) is 2.09. The van der Waals surface area contributed by atoms with Gasteiger partial charge in [-0.2, -0.15) is 0 Å². The molecule has 2 amide bonds. The van der Waals surface area contributed by atoms with Crippen LogP contribution in [0.4, 0.5) is 5.69 Å². The minimum Gasteiger partial charge on any atom is -0.352 e. The van der Waals surface area contributed by atoms with E-state index in [4.69, 9.17) is 23.2 Å². The van der Waals surface area contributed by atoms with Gasteiger partial charge in [-0.05, 0) is 42.8 Å². The van der Waals surface area contributed by atoms with Crippen molar-refractivity contribution in [3.05, 3.63) is 63.6 Å². The van der Waals surface area contributed by atoms with Gasteiger partial charge >= 0.3 is 0 Å². The summed E-state index contributed by atoms with van der Waals surface area (Å²) in [6, 6.07) is 12.2. The molecule has 0 unspecified atom stereocenters. The molecule has 25 heavy (non-hydrogen) atoms. The third-order valence-electron chi connectivity index (χ3n) is 3.25. The molecule has 2 rings (SSSR count). The number of benzene rings is 2. The van der Waals surface area contributed by atoms with E-state index in [0.717, 1.165) is 5.56 Å². The standard InChI is InChI=1S/C18H18Cl2N2O2S/c1-2-21-18(24)12-4-3-5-15(8-12)22-17(23)11-25-10-13-6-7-14(19)9-16(13)20/h3-9H,2,10-11H2,1H3,(H,21,24)(H,22,23). The molecule has 7 heteroatoms. The van der Waals surface area contributed by atoms with Gasteiger partial charge in [0.05, 0.1) is 5.75 Å². The van der Waals surface area contributed by atoms with Gasteiger partial charge in [0.2, 0.25) is 5.91 Å². The first-order valence-corrected chi connectivity index (χ1v) is 9.60. The van der Waals surface area contributed by atoms with Gasteiger partial charge in [-0.3, -0.25) is 9.59 Å². The molecule has 0 fully saturated rings. The first-order valence-electron chi connectivity index (χ1n) is 7.69. The number of anilines is 1. The van der Waals surface area contributed by atoms with Gasteiger partial charge in [-0.15, -0.1) is 11.8 Å². The van der Waals surface area contributed by atoms with Crippen LogP contribution >= 0.6 is 35.0 Å². The second-order valence-corrected chi connectivity index (χ2v) is 7.05. The highest BCUT2D eigenvalue weighted by atomic mass is 35.5. The molecule has 0 saturated heterocycles. The molecular formula is C18H18Cl2N2O2S. The van der Waals surface area contributed by atoms with Crippen LogP contribution in [0.1, 0.15) is 22.8 Å². The van der Waals surface area contributed by atoms with E-state index in [-0.39, 0.29) is 17.6 Å². The van der Waals surface area contributed by atoms with Crippen LogP contribution in [0.5, 0.6) is 0 Å². The van der Waals surface area contributed by atoms with E-state index in [1.165, 1.54) is 11.8 Å². The first kappa shape index (κ1) is 19.6. The maximum absolute atomic E-state index is 12.1. The van der Waals surface area contributed by atoms with Crippen LogP contribution < -0.4 is 10.6 Å². The van der Waals surface area contributed by atoms with Crippen LogP contribution in [0, 0.1) is 0 Å². The Bertz CT molecular complexity index is 768. The van der Waals surface area contributed by atoms with E-state index < -0.39 is 0 Å². The molecule has 0 aromatic heterocycles. The summed E-state index contributed by atoms with van der Waals surface area (Å²) in [5, 5.41) is 6.70. The highest BCUT2D eigenvalue weighted by Crippen LogP contribution is 2.24. The molecule has 2 aromatic carbocycles. The number of hydrogen-bond acceptors (Lipinski definition) is 3. The summed E-state index contributed by atoms with van der Waals surface area (Å²) >= 11 is 13.4. The van der Waals surface area contributed by atoms with E-state index in [1.54, 1.807) is 36.4 Å². The fraction of sp³-hybridized carbons (Fsp3) is 0.222. The second kappa shape index (κ2) is 9.70. The average molecular weight is 397 g/mol. The molecule has 0 bridgehead atoms. The quantitative estimate of drug-likeness (QED) is 0.717. The van der Waals surface area contributed by atoms with Gasteiger partial charge in [0.1, 0.15) is 0 Å². The van der Waals surface area contributed by atoms with Crippen LogP contribution in [0.15, 0.2) is 42.5 Å². The van der Waals surface area contributed by atoms with Crippen LogP contribution in [0.3, 0.4) is 0 Å². The third-order valence-corrected chi connectivity index (χ3v) is 4.82. The van der Waals surface area contributed by atoms with Crippen molar-refractivity contribution in [3.63, 3.8) is 0 Å². The van der Waals surface area contributed by atoms with Crippen molar-refractivity contribution < 1.29 is 9.59 Å². The third kappa shape index (κ3) is 6.27. The molecule has 0 spiro atoms. The molecule has 0 aliphatic rings. The molecule has 0 radical (unpaired) electrons. The van der Waals surface area contributed by atoms with Crippen LogP contribution in [-0.4, -0.2) is 24.1 Å². The highest BCUT2D eigenvalue weighted by Gasteiger charge is 2.08. The Labute approximate surface area is 161 Å². The Kier molecular flexibility index (Phi) is 7.62. The minimum absolute atomic E-state index is 0.136. The van der Waals surface area contributed by atoms with E-state index in [2.05, 4.69) is 10.6 Å². The van der Waals surface area contributed by atoms with Crippen molar-refractivity contribution in [3.8, 4) is 0 Å². The second-order valence-electron chi connectivity index (χ2n) is 5.22. The van der Waals surface area contributed by atoms with Crippen molar-refractivity contribution >= 4 is 52.5 Å². The zero-order valence-corrected chi connectivity index (χ0v) is 16.0. The number of carbonyl (C=O) groups is 2. The van der Waals surface area contributed by atoms with Gasteiger partial charge in [-0.1, -0.05) is 35.3 Å². The van der Waals surface area contributed by atoms with Crippen molar-refractivity contribution in [1.82, 2.24) is 5.32 Å². The number of halogens is 2. The Balaban J connectivity index is 1.86. The van der Waals surface area contributed by atoms with E-state index in [1.807, 2.05) is 13.0 Å². The van der Waals surface area contributed by atoms with Crippen molar-refractivity contribution in [2.24, 2.45) is 0 Å².